The molecule has 0 spiro atoms. The van der Waals surface area contributed by atoms with Crippen molar-refractivity contribution in [1.82, 2.24) is 4.98 Å². The number of nitrogens with one attached hydrogen (secondary N) is 1. The molecule has 4 aromatic rings. The minimum Gasteiger partial charge on any atom is -0.493 e. The van der Waals surface area contributed by atoms with Gasteiger partial charge in [0.25, 0.3) is 0 Å². The minimum atomic E-state index is -4.64. The predicted molar refractivity (Wildman–Crippen MR) is 135 cm³/mol. The molecular formula is C27H19ClF3N3O4. The number of carbonyl (C=O) groups excluding carboxylic acids is 1. The fraction of sp³-hybridized carbons (Fsp3) is 0.148. The van der Waals surface area contributed by atoms with E-state index >= 15 is 0 Å². The lowest BCUT2D eigenvalue weighted by molar-refractivity contribution is -0.137. The lowest BCUT2D eigenvalue weighted by Gasteiger charge is -2.14. The average molecular weight is 542 g/mol. The maximum atomic E-state index is 13.1. The van der Waals surface area contributed by atoms with Crippen LogP contribution in [0, 0.1) is 11.3 Å². The van der Waals surface area contributed by atoms with E-state index in [0.717, 1.165) is 12.1 Å². The molecule has 0 atom stereocenters. The Kier molecular flexibility index (Phi) is 7.60. The van der Waals surface area contributed by atoms with Crippen LogP contribution in [0.15, 0.2) is 60.8 Å². The number of alkyl halides is 3. The Bertz CT molecular complexity index is 1570. The maximum Gasteiger partial charge on any atom is 0.417 e. The first-order valence-corrected chi connectivity index (χ1v) is 11.4. The van der Waals surface area contributed by atoms with Crippen LogP contribution < -0.4 is 19.5 Å². The molecule has 0 fully saturated rings. The number of fused-ring (bicyclic) bond motifs is 1. The fourth-order valence-corrected chi connectivity index (χ4v) is 3.95. The molecule has 1 aromatic heterocycles. The van der Waals surface area contributed by atoms with Crippen molar-refractivity contribution in [3.05, 3.63) is 82.5 Å². The number of benzene rings is 3. The number of pyridine rings is 1. The summed E-state index contributed by atoms with van der Waals surface area (Å²) in [4.78, 5) is 16.8. The van der Waals surface area contributed by atoms with E-state index in [1.807, 2.05) is 6.07 Å². The third-order valence-electron chi connectivity index (χ3n) is 5.51. The van der Waals surface area contributed by atoms with Crippen molar-refractivity contribution < 1.29 is 32.2 Å². The second kappa shape index (κ2) is 10.9. The second-order valence-corrected chi connectivity index (χ2v) is 8.40. The number of halogens is 4. The van der Waals surface area contributed by atoms with Crippen molar-refractivity contribution in [2.75, 3.05) is 19.5 Å². The summed E-state index contributed by atoms with van der Waals surface area (Å²) in [5.74, 6) is 1.03. The number of nitriles is 1. The molecule has 11 heteroatoms. The molecule has 0 radical (unpaired) electrons. The van der Waals surface area contributed by atoms with Crippen LogP contribution in [0.5, 0.6) is 23.0 Å². The summed E-state index contributed by atoms with van der Waals surface area (Å²) in [7, 11) is 3.02. The van der Waals surface area contributed by atoms with Crippen molar-refractivity contribution in [1.29, 1.82) is 5.26 Å². The zero-order chi connectivity index (χ0) is 27.4. The molecule has 1 amide bonds. The van der Waals surface area contributed by atoms with Crippen molar-refractivity contribution in [2.24, 2.45) is 0 Å². The number of methoxy groups -OCH3 is 2. The van der Waals surface area contributed by atoms with Crippen molar-refractivity contribution >= 4 is 34.1 Å². The lowest BCUT2D eigenvalue weighted by Crippen LogP contribution is -2.15. The Hall–Kier alpha value is -4.49. The molecule has 38 heavy (non-hydrogen) atoms. The molecular weight excluding hydrogens is 523 g/mol. The van der Waals surface area contributed by atoms with Gasteiger partial charge >= 0.3 is 6.18 Å². The minimum absolute atomic E-state index is 0.124. The van der Waals surface area contributed by atoms with Gasteiger partial charge in [0, 0.05) is 23.3 Å². The molecule has 0 aliphatic carbocycles. The number of hydrogen-bond acceptors (Lipinski definition) is 6. The van der Waals surface area contributed by atoms with Crippen molar-refractivity contribution in [2.45, 2.75) is 12.6 Å². The Labute approximate surface area is 220 Å². The Morgan fingerprint density at radius 1 is 1.00 bits per heavy atom. The normalized spacial score (nSPS) is 11.1. The van der Waals surface area contributed by atoms with Gasteiger partial charge in [-0.2, -0.15) is 18.4 Å². The average Bonchev–Trinajstić information content (AvgIpc) is 2.89. The predicted octanol–water partition coefficient (Wildman–Crippen LogP) is 6.77. The summed E-state index contributed by atoms with van der Waals surface area (Å²) >= 11 is 5.64. The summed E-state index contributed by atoms with van der Waals surface area (Å²) in [6.07, 6.45) is -3.42. The van der Waals surface area contributed by atoms with E-state index < -0.39 is 22.7 Å². The summed E-state index contributed by atoms with van der Waals surface area (Å²) in [6, 6.07) is 14.8. The molecule has 194 valence electrons. The van der Waals surface area contributed by atoms with Gasteiger partial charge in [-0.05, 0) is 48.0 Å². The number of carbonyl (C=O) groups is 1. The van der Waals surface area contributed by atoms with Crippen LogP contribution in [0.4, 0.5) is 18.9 Å². The smallest absolute Gasteiger partial charge is 0.417 e. The highest BCUT2D eigenvalue weighted by molar-refractivity contribution is 6.31. The van der Waals surface area contributed by atoms with Gasteiger partial charge in [0.05, 0.1) is 42.3 Å². The van der Waals surface area contributed by atoms with Crippen LogP contribution in [-0.2, 0) is 17.4 Å². The van der Waals surface area contributed by atoms with E-state index in [-0.39, 0.29) is 29.0 Å². The number of ether oxygens (including phenoxy) is 3. The van der Waals surface area contributed by atoms with Crippen LogP contribution in [0.1, 0.15) is 16.7 Å². The highest BCUT2D eigenvalue weighted by atomic mass is 35.5. The lowest BCUT2D eigenvalue weighted by atomic mass is 10.1. The van der Waals surface area contributed by atoms with Gasteiger partial charge in [0.1, 0.15) is 17.6 Å². The molecule has 0 aliphatic rings. The monoisotopic (exact) mass is 541 g/mol. The third kappa shape index (κ3) is 5.74. The number of aromatic nitrogens is 1. The van der Waals surface area contributed by atoms with E-state index in [1.54, 1.807) is 24.4 Å². The van der Waals surface area contributed by atoms with Gasteiger partial charge in [0.2, 0.25) is 5.91 Å². The molecule has 0 saturated heterocycles. The van der Waals surface area contributed by atoms with Gasteiger partial charge < -0.3 is 19.5 Å². The molecule has 4 rings (SSSR count). The van der Waals surface area contributed by atoms with E-state index in [0.29, 0.717) is 28.2 Å². The Morgan fingerprint density at radius 2 is 1.74 bits per heavy atom. The van der Waals surface area contributed by atoms with Crippen LogP contribution >= 0.6 is 11.6 Å². The number of hydrogen-bond donors (Lipinski definition) is 1. The molecule has 1 heterocycles. The Morgan fingerprint density at radius 3 is 2.42 bits per heavy atom. The molecule has 0 unspecified atom stereocenters. The first-order chi connectivity index (χ1) is 18.1. The zero-order valence-corrected chi connectivity index (χ0v) is 20.8. The van der Waals surface area contributed by atoms with Crippen LogP contribution in [0.25, 0.3) is 10.9 Å². The number of anilines is 1. The third-order valence-corrected chi connectivity index (χ3v) is 5.84. The molecule has 0 saturated carbocycles. The first kappa shape index (κ1) is 26.6. The Balaban J connectivity index is 1.55. The van der Waals surface area contributed by atoms with Gasteiger partial charge in [-0.1, -0.05) is 17.7 Å². The van der Waals surface area contributed by atoms with Gasteiger partial charge in [-0.25, -0.2) is 0 Å². The zero-order valence-electron chi connectivity index (χ0n) is 20.0. The molecule has 0 bridgehead atoms. The molecule has 7 nitrogen and oxygen atoms in total. The maximum absolute atomic E-state index is 13.1. The first-order valence-electron chi connectivity index (χ1n) is 11.0. The number of nitrogens with zero attached hydrogens (tertiary/aromatic N) is 2. The molecule has 0 aliphatic heterocycles. The van der Waals surface area contributed by atoms with E-state index in [4.69, 9.17) is 25.8 Å². The van der Waals surface area contributed by atoms with Crippen molar-refractivity contribution in [3.63, 3.8) is 0 Å². The highest BCUT2D eigenvalue weighted by Gasteiger charge is 2.33. The summed E-state index contributed by atoms with van der Waals surface area (Å²) in [5.41, 5.74) is 0.0983. The quantitative estimate of drug-likeness (QED) is 0.277. The SMILES string of the molecule is COc1cc2nccc(Oc3ccc(NC(=O)Cc4ccc(Cl)c(C(F)(F)F)c4)cc3C#N)c2cc1OC. The molecule has 3 aromatic carbocycles. The van der Waals surface area contributed by atoms with E-state index in [9.17, 15) is 23.2 Å². The van der Waals surface area contributed by atoms with Crippen molar-refractivity contribution in [3.8, 4) is 29.1 Å². The topological polar surface area (TPSA) is 93.5 Å². The molecule has 1 N–H and O–H groups in total. The van der Waals surface area contributed by atoms with Crippen LogP contribution in [0.2, 0.25) is 5.02 Å². The number of rotatable bonds is 7. The second-order valence-electron chi connectivity index (χ2n) is 8.00. The van der Waals surface area contributed by atoms with Gasteiger partial charge in [-0.3, -0.25) is 9.78 Å². The number of amides is 1. The van der Waals surface area contributed by atoms with Crippen LogP contribution in [-0.4, -0.2) is 25.1 Å². The summed E-state index contributed by atoms with van der Waals surface area (Å²) in [6.45, 7) is 0. The van der Waals surface area contributed by atoms with Crippen LogP contribution in [0.3, 0.4) is 0 Å². The summed E-state index contributed by atoms with van der Waals surface area (Å²) in [5, 5.41) is 12.4. The van der Waals surface area contributed by atoms with E-state index in [1.165, 1.54) is 38.5 Å². The van der Waals surface area contributed by atoms with E-state index in [2.05, 4.69) is 10.3 Å². The van der Waals surface area contributed by atoms with Gasteiger partial charge in [0.15, 0.2) is 11.5 Å². The highest BCUT2D eigenvalue weighted by Crippen LogP contribution is 2.38. The standard InChI is InChI=1S/C27H19ClF3N3O4/c1-36-24-12-18-21(13-25(24)37-2)33-8-7-23(18)38-22-6-4-17(11-16(22)14-32)34-26(35)10-15-3-5-20(28)19(9-15)27(29,30)31/h3-9,11-13H,10H2,1-2H3,(H,34,35). The largest absolute Gasteiger partial charge is 0.493 e. The fourth-order valence-electron chi connectivity index (χ4n) is 3.73. The summed E-state index contributed by atoms with van der Waals surface area (Å²) < 4.78 is 56.0. The van der Waals surface area contributed by atoms with Gasteiger partial charge in [-0.15, -0.1) is 0 Å².